The summed E-state index contributed by atoms with van der Waals surface area (Å²) < 4.78 is 4.03. The lowest BCUT2D eigenvalue weighted by Crippen LogP contribution is -2.29. The topological polar surface area (TPSA) is 48.7 Å². The third kappa shape index (κ3) is 4.56. The second kappa shape index (κ2) is 9.45. The van der Waals surface area contributed by atoms with Gasteiger partial charge in [0.15, 0.2) is 5.65 Å². The number of anilines is 3. The van der Waals surface area contributed by atoms with Gasteiger partial charge < -0.3 is 14.5 Å². The summed E-state index contributed by atoms with van der Waals surface area (Å²) in [5.74, 6) is 1.23. The molecule has 0 unspecified atom stereocenters. The number of rotatable bonds is 6. The van der Waals surface area contributed by atoms with Gasteiger partial charge in [0.2, 0.25) is 5.95 Å². The molecule has 1 fully saturated rings. The summed E-state index contributed by atoms with van der Waals surface area (Å²) in [4.78, 5) is 7.28. The highest BCUT2D eigenvalue weighted by Crippen LogP contribution is 2.35. The largest absolute Gasteiger partial charge is 0.323 e. The summed E-state index contributed by atoms with van der Waals surface area (Å²) >= 11 is 1.69. The van der Waals surface area contributed by atoms with Crippen LogP contribution in [0.4, 0.5) is 17.3 Å². The molecule has 4 aromatic rings. The zero-order chi connectivity index (χ0) is 22.8. The van der Waals surface area contributed by atoms with Crippen molar-refractivity contribution < 1.29 is 0 Å². The van der Waals surface area contributed by atoms with Crippen molar-refractivity contribution in [2.45, 2.75) is 18.8 Å². The van der Waals surface area contributed by atoms with E-state index in [1.165, 1.54) is 18.4 Å². The number of hydrogen-bond acceptors (Lipinski definition) is 6. The smallest absolute Gasteiger partial charge is 0.247 e. The van der Waals surface area contributed by atoms with Crippen molar-refractivity contribution in [3.05, 3.63) is 72.4 Å². The van der Waals surface area contributed by atoms with E-state index in [4.69, 9.17) is 10.1 Å². The van der Waals surface area contributed by atoms with Gasteiger partial charge in [-0.2, -0.15) is 4.98 Å². The Balaban J connectivity index is 1.45. The molecule has 0 spiro atoms. The molecule has 0 radical (unpaired) electrons. The van der Waals surface area contributed by atoms with Gasteiger partial charge in [0.05, 0.1) is 5.69 Å². The highest BCUT2D eigenvalue weighted by Gasteiger charge is 2.19. The van der Waals surface area contributed by atoms with Crippen molar-refractivity contribution in [1.29, 1.82) is 0 Å². The Morgan fingerprint density at radius 1 is 1.00 bits per heavy atom. The molecule has 2 aromatic carbocycles. The van der Waals surface area contributed by atoms with Gasteiger partial charge in [-0.3, -0.25) is 0 Å². The molecule has 1 aliphatic rings. The number of nitrogens with one attached hydrogen (secondary N) is 1. The Morgan fingerprint density at radius 2 is 1.79 bits per heavy atom. The van der Waals surface area contributed by atoms with Crippen LogP contribution in [-0.2, 0) is 0 Å². The third-order valence-corrected chi connectivity index (χ3v) is 7.25. The summed E-state index contributed by atoms with van der Waals surface area (Å²) in [6.07, 6.45) is 6.45. The first-order valence-corrected chi connectivity index (χ1v) is 12.6. The van der Waals surface area contributed by atoms with E-state index in [-0.39, 0.29) is 0 Å². The lowest BCUT2D eigenvalue weighted by Gasteiger charge is -2.29. The summed E-state index contributed by atoms with van der Waals surface area (Å²) in [7, 11) is 4.28. The maximum Gasteiger partial charge on any atom is 0.247 e. The molecule has 0 aliphatic carbocycles. The van der Waals surface area contributed by atoms with Gasteiger partial charge in [0.25, 0.3) is 0 Å². The number of fused-ring (bicyclic) bond motifs is 1. The molecule has 170 valence electrons. The molecule has 0 amide bonds. The minimum Gasteiger partial charge on any atom is -0.323 e. The Kier molecular flexibility index (Phi) is 6.24. The first-order valence-electron chi connectivity index (χ1n) is 11.4. The van der Waals surface area contributed by atoms with E-state index in [0.29, 0.717) is 11.9 Å². The maximum atomic E-state index is 4.87. The fraction of sp³-hybridized carbons (Fsp3) is 0.308. The molecule has 0 bridgehead atoms. The Labute approximate surface area is 199 Å². The number of piperidine rings is 1. The minimum atomic E-state index is 0.610. The molecule has 1 aliphatic heterocycles. The number of nitrogens with zero attached hydrogens (tertiary/aromatic N) is 5. The summed E-state index contributed by atoms with van der Waals surface area (Å²) in [6, 6.07) is 21.3. The van der Waals surface area contributed by atoms with Gasteiger partial charge >= 0.3 is 0 Å². The molecule has 1 saturated heterocycles. The SMILES string of the molecule is CSN(C)c1ccccc1-c1cccn2nc(Nc3cccc(C4CCN(C)CC4)c3)nc12. The van der Waals surface area contributed by atoms with Crippen LogP contribution in [0.15, 0.2) is 66.9 Å². The van der Waals surface area contributed by atoms with Crippen molar-refractivity contribution in [2.75, 3.05) is 43.1 Å². The van der Waals surface area contributed by atoms with Gasteiger partial charge in [-0.05, 0) is 74.8 Å². The molecule has 6 nitrogen and oxygen atoms in total. The van der Waals surface area contributed by atoms with Crippen molar-refractivity contribution >= 4 is 34.9 Å². The number of hydrogen-bond donors (Lipinski definition) is 1. The molecule has 5 rings (SSSR count). The molecule has 7 heteroatoms. The second-order valence-corrected chi connectivity index (χ2v) is 9.56. The summed E-state index contributed by atoms with van der Waals surface area (Å²) in [6.45, 7) is 2.32. The highest BCUT2D eigenvalue weighted by atomic mass is 32.2. The number of pyridine rings is 1. The Hall–Kier alpha value is -3.03. The van der Waals surface area contributed by atoms with E-state index >= 15 is 0 Å². The summed E-state index contributed by atoms with van der Waals surface area (Å²) in [5, 5.41) is 8.15. The normalized spacial score (nSPS) is 15.1. The summed E-state index contributed by atoms with van der Waals surface area (Å²) in [5.41, 5.74) is 6.63. The quantitative estimate of drug-likeness (QED) is 0.376. The van der Waals surface area contributed by atoms with Gasteiger partial charge in [0, 0.05) is 36.3 Å². The van der Waals surface area contributed by atoms with E-state index in [2.05, 4.69) is 89.5 Å². The van der Waals surface area contributed by atoms with E-state index in [1.54, 1.807) is 11.9 Å². The van der Waals surface area contributed by atoms with Crippen LogP contribution in [0.2, 0.25) is 0 Å². The average molecular weight is 459 g/mol. The van der Waals surface area contributed by atoms with Crippen LogP contribution in [0.3, 0.4) is 0 Å². The molecular weight excluding hydrogens is 428 g/mol. The fourth-order valence-corrected chi connectivity index (χ4v) is 4.94. The number of para-hydroxylation sites is 1. The van der Waals surface area contributed by atoms with Crippen molar-refractivity contribution in [3.63, 3.8) is 0 Å². The van der Waals surface area contributed by atoms with E-state index < -0.39 is 0 Å². The predicted octanol–water partition coefficient (Wildman–Crippen LogP) is 5.66. The highest BCUT2D eigenvalue weighted by molar-refractivity contribution is 7.99. The van der Waals surface area contributed by atoms with Crippen molar-refractivity contribution in [3.8, 4) is 11.1 Å². The third-order valence-electron chi connectivity index (χ3n) is 6.50. The molecule has 33 heavy (non-hydrogen) atoms. The number of aromatic nitrogens is 3. The fourth-order valence-electron chi connectivity index (χ4n) is 4.59. The molecule has 2 aromatic heterocycles. The second-order valence-electron chi connectivity index (χ2n) is 8.65. The molecular formula is C26H30N6S. The monoisotopic (exact) mass is 458 g/mol. The van der Waals surface area contributed by atoms with Gasteiger partial charge in [0.1, 0.15) is 0 Å². The lowest BCUT2D eigenvalue weighted by atomic mass is 9.89. The number of benzene rings is 2. The molecule has 0 saturated carbocycles. The van der Waals surface area contributed by atoms with Crippen LogP contribution in [0.25, 0.3) is 16.8 Å². The van der Waals surface area contributed by atoms with Crippen molar-refractivity contribution in [1.82, 2.24) is 19.5 Å². The Morgan fingerprint density at radius 3 is 2.61 bits per heavy atom. The van der Waals surface area contributed by atoms with Crippen LogP contribution in [-0.4, -0.2) is 52.9 Å². The zero-order valence-corrected chi connectivity index (χ0v) is 20.2. The van der Waals surface area contributed by atoms with Crippen LogP contribution in [0.5, 0.6) is 0 Å². The van der Waals surface area contributed by atoms with Crippen molar-refractivity contribution in [2.24, 2.45) is 0 Å². The maximum absolute atomic E-state index is 4.87. The molecule has 1 N–H and O–H groups in total. The molecule has 3 heterocycles. The predicted molar refractivity (Wildman–Crippen MR) is 140 cm³/mol. The van der Waals surface area contributed by atoms with E-state index in [1.807, 2.05) is 16.8 Å². The van der Waals surface area contributed by atoms with Gasteiger partial charge in [-0.15, -0.1) is 5.10 Å². The standard InChI is InChI=1S/C26H30N6S/c1-30-16-13-19(14-17-30)20-8-6-9-21(18-20)27-26-28-25-23(11-7-15-32(25)29-26)22-10-4-5-12-24(22)31(2)33-3/h4-12,15,18-19H,13-14,16-17H2,1-3H3,(H,27,29). The van der Waals surface area contributed by atoms with Crippen LogP contribution in [0, 0.1) is 0 Å². The first kappa shape index (κ1) is 21.8. The van der Waals surface area contributed by atoms with Gasteiger partial charge in [-0.25, -0.2) is 4.52 Å². The van der Waals surface area contributed by atoms with E-state index in [9.17, 15) is 0 Å². The zero-order valence-electron chi connectivity index (χ0n) is 19.4. The minimum absolute atomic E-state index is 0.610. The lowest BCUT2D eigenvalue weighted by molar-refractivity contribution is 0.255. The first-order chi connectivity index (χ1) is 16.1. The van der Waals surface area contributed by atoms with E-state index in [0.717, 1.165) is 41.2 Å². The Bertz CT molecular complexity index is 1240. The van der Waals surface area contributed by atoms with Crippen LogP contribution >= 0.6 is 11.9 Å². The van der Waals surface area contributed by atoms with Crippen LogP contribution in [0.1, 0.15) is 24.3 Å². The average Bonchev–Trinajstić information content (AvgIpc) is 3.26. The van der Waals surface area contributed by atoms with Crippen LogP contribution < -0.4 is 9.62 Å². The van der Waals surface area contributed by atoms with Gasteiger partial charge in [-0.1, -0.05) is 42.3 Å². The molecule has 0 atom stereocenters. The number of likely N-dealkylation sites (tertiary alicyclic amines) is 1.